The number of nitrogens with two attached hydrogens (primary N) is 1. The molecular weight excluding hydrogens is 264 g/mol. The van der Waals surface area contributed by atoms with Gasteiger partial charge in [-0.3, -0.25) is 4.90 Å². The van der Waals surface area contributed by atoms with Crippen LogP contribution in [0.5, 0.6) is 11.5 Å². The summed E-state index contributed by atoms with van der Waals surface area (Å²) in [5, 5.41) is 0. The first kappa shape index (κ1) is 14.7. The zero-order valence-corrected chi connectivity index (χ0v) is 13.0. The number of benzene rings is 1. The lowest BCUT2D eigenvalue weighted by atomic mass is 9.98. The van der Waals surface area contributed by atoms with E-state index >= 15 is 0 Å². The SMILES string of the molecule is CC(c1ccc2c(c1)OCCO2)N(C)C1CCCC1CN. The van der Waals surface area contributed by atoms with Crippen molar-refractivity contribution in [3.05, 3.63) is 23.8 Å². The predicted octanol–water partition coefficient (Wildman–Crippen LogP) is 2.58. The molecule has 0 radical (unpaired) electrons. The Balaban J connectivity index is 1.76. The molecule has 1 aliphatic heterocycles. The van der Waals surface area contributed by atoms with Crippen molar-refractivity contribution in [2.45, 2.75) is 38.3 Å². The van der Waals surface area contributed by atoms with Crippen LogP contribution in [0.3, 0.4) is 0 Å². The predicted molar refractivity (Wildman–Crippen MR) is 83.8 cm³/mol. The van der Waals surface area contributed by atoms with E-state index in [4.69, 9.17) is 15.2 Å². The molecule has 1 heterocycles. The van der Waals surface area contributed by atoms with E-state index in [9.17, 15) is 0 Å². The van der Waals surface area contributed by atoms with E-state index in [1.165, 1.54) is 24.8 Å². The summed E-state index contributed by atoms with van der Waals surface area (Å²) in [4.78, 5) is 2.48. The summed E-state index contributed by atoms with van der Waals surface area (Å²) in [7, 11) is 2.22. The fourth-order valence-corrected chi connectivity index (χ4v) is 3.67. The lowest BCUT2D eigenvalue weighted by molar-refractivity contribution is 0.150. The zero-order valence-electron chi connectivity index (χ0n) is 13.0. The number of fused-ring (bicyclic) bond motifs is 1. The summed E-state index contributed by atoms with van der Waals surface area (Å²) in [5.74, 6) is 2.37. The van der Waals surface area contributed by atoms with Gasteiger partial charge in [-0.2, -0.15) is 0 Å². The van der Waals surface area contributed by atoms with Crippen molar-refractivity contribution in [2.75, 3.05) is 26.8 Å². The molecule has 1 aliphatic carbocycles. The highest BCUT2D eigenvalue weighted by atomic mass is 16.6. The first-order chi connectivity index (χ1) is 10.2. The molecule has 116 valence electrons. The van der Waals surface area contributed by atoms with Crippen LogP contribution in [-0.4, -0.2) is 37.7 Å². The fraction of sp³-hybridized carbons (Fsp3) is 0.647. The quantitative estimate of drug-likeness (QED) is 0.926. The van der Waals surface area contributed by atoms with Gasteiger partial charge in [-0.15, -0.1) is 0 Å². The minimum absolute atomic E-state index is 0.359. The van der Waals surface area contributed by atoms with Gasteiger partial charge >= 0.3 is 0 Å². The summed E-state index contributed by atoms with van der Waals surface area (Å²) in [6.07, 6.45) is 3.82. The highest BCUT2D eigenvalue weighted by Gasteiger charge is 2.32. The Morgan fingerprint density at radius 2 is 2.00 bits per heavy atom. The molecule has 0 spiro atoms. The molecule has 1 aromatic rings. The van der Waals surface area contributed by atoms with E-state index in [1.807, 2.05) is 6.07 Å². The minimum atomic E-state index is 0.359. The highest BCUT2D eigenvalue weighted by molar-refractivity contribution is 5.44. The molecule has 2 N–H and O–H groups in total. The van der Waals surface area contributed by atoms with Gasteiger partial charge in [-0.1, -0.05) is 12.5 Å². The van der Waals surface area contributed by atoms with Gasteiger partial charge in [-0.25, -0.2) is 0 Å². The van der Waals surface area contributed by atoms with E-state index in [0.29, 0.717) is 31.2 Å². The van der Waals surface area contributed by atoms with E-state index in [-0.39, 0.29) is 0 Å². The van der Waals surface area contributed by atoms with Crippen molar-refractivity contribution < 1.29 is 9.47 Å². The molecule has 0 aromatic heterocycles. The van der Waals surface area contributed by atoms with E-state index < -0.39 is 0 Å². The Kier molecular flexibility index (Phi) is 4.36. The molecule has 3 atom stereocenters. The second-order valence-corrected chi connectivity index (χ2v) is 6.24. The molecule has 0 bridgehead atoms. The maximum absolute atomic E-state index is 5.93. The number of rotatable bonds is 4. The van der Waals surface area contributed by atoms with Gasteiger partial charge in [0.2, 0.25) is 0 Å². The summed E-state index contributed by atoms with van der Waals surface area (Å²) >= 11 is 0. The molecule has 3 unspecified atom stereocenters. The third kappa shape index (κ3) is 2.87. The third-order valence-corrected chi connectivity index (χ3v) is 5.10. The van der Waals surface area contributed by atoms with Crippen molar-refractivity contribution in [2.24, 2.45) is 11.7 Å². The Morgan fingerprint density at radius 3 is 2.76 bits per heavy atom. The normalized spacial score (nSPS) is 26.1. The average Bonchev–Trinajstić information content (AvgIpc) is 3.01. The van der Waals surface area contributed by atoms with Gasteiger partial charge in [0, 0.05) is 12.1 Å². The zero-order chi connectivity index (χ0) is 14.8. The van der Waals surface area contributed by atoms with Crippen LogP contribution in [-0.2, 0) is 0 Å². The van der Waals surface area contributed by atoms with Crippen LogP contribution in [0.2, 0.25) is 0 Å². The summed E-state index contributed by atoms with van der Waals surface area (Å²) in [6, 6.07) is 7.27. The first-order valence-electron chi connectivity index (χ1n) is 8.02. The Hall–Kier alpha value is -1.26. The van der Waals surface area contributed by atoms with Crippen LogP contribution in [0.1, 0.15) is 37.8 Å². The topological polar surface area (TPSA) is 47.7 Å². The van der Waals surface area contributed by atoms with E-state index in [1.54, 1.807) is 0 Å². The summed E-state index contributed by atoms with van der Waals surface area (Å²) in [6.45, 7) is 4.33. The second kappa shape index (κ2) is 6.24. The third-order valence-electron chi connectivity index (χ3n) is 5.10. The van der Waals surface area contributed by atoms with Crippen molar-refractivity contribution >= 4 is 0 Å². The van der Waals surface area contributed by atoms with Gasteiger partial charge < -0.3 is 15.2 Å². The van der Waals surface area contributed by atoms with Gasteiger partial charge in [0.25, 0.3) is 0 Å². The first-order valence-corrected chi connectivity index (χ1v) is 8.02. The molecular formula is C17H26N2O2. The lowest BCUT2D eigenvalue weighted by Gasteiger charge is -2.34. The van der Waals surface area contributed by atoms with Crippen LogP contribution < -0.4 is 15.2 Å². The smallest absolute Gasteiger partial charge is 0.161 e. The monoisotopic (exact) mass is 290 g/mol. The number of nitrogens with zero attached hydrogens (tertiary/aromatic N) is 1. The van der Waals surface area contributed by atoms with E-state index in [0.717, 1.165) is 18.0 Å². The van der Waals surface area contributed by atoms with Crippen molar-refractivity contribution in [1.82, 2.24) is 4.90 Å². The standard InChI is InChI=1S/C17H26N2O2/c1-12(19(2)15-5-3-4-14(15)11-18)13-6-7-16-17(10-13)21-9-8-20-16/h6-7,10,12,14-15H,3-5,8-9,11,18H2,1-2H3. The molecule has 2 aliphatic rings. The molecule has 1 aromatic carbocycles. The summed E-state index contributed by atoms with van der Waals surface area (Å²) < 4.78 is 11.3. The molecule has 3 rings (SSSR count). The molecule has 1 saturated carbocycles. The fourth-order valence-electron chi connectivity index (χ4n) is 3.67. The van der Waals surface area contributed by atoms with Crippen LogP contribution in [0, 0.1) is 5.92 Å². The largest absolute Gasteiger partial charge is 0.486 e. The van der Waals surface area contributed by atoms with Gasteiger partial charge in [0.15, 0.2) is 11.5 Å². The van der Waals surface area contributed by atoms with Crippen molar-refractivity contribution in [1.29, 1.82) is 0 Å². The molecule has 1 fully saturated rings. The van der Waals surface area contributed by atoms with E-state index in [2.05, 4.69) is 31.0 Å². The maximum Gasteiger partial charge on any atom is 0.161 e. The maximum atomic E-state index is 5.93. The molecule has 0 amide bonds. The number of hydrogen-bond donors (Lipinski definition) is 1. The van der Waals surface area contributed by atoms with Crippen molar-refractivity contribution in [3.8, 4) is 11.5 Å². The number of hydrogen-bond acceptors (Lipinski definition) is 4. The Morgan fingerprint density at radius 1 is 1.24 bits per heavy atom. The van der Waals surface area contributed by atoms with Crippen molar-refractivity contribution in [3.63, 3.8) is 0 Å². The molecule has 4 heteroatoms. The average molecular weight is 290 g/mol. The summed E-state index contributed by atoms with van der Waals surface area (Å²) in [5.41, 5.74) is 7.21. The van der Waals surface area contributed by atoms with Gasteiger partial charge in [-0.05, 0) is 57.0 Å². The molecule has 21 heavy (non-hydrogen) atoms. The van der Waals surface area contributed by atoms with Gasteiger partial charge in [0.05, 0.1) is 0 Å². The van der Waals surface area contributed by atoms with Crippen LogP contribution in [0.4, 0.5) is 0 Å². The van der Waals surface area contributed by atoms with Crippen LogP contribution in [0.25, 0.3) is 0 Å². The highest BCUT2D eigenvalue weighted by Crippen LogP contribution is 2.37. The Bertz CT molecular complexity index is 492. The molecule has 4 nitrogen and oxygen atoms in total. The van der Waals surface area contributed by atoms with Crippen LogP contribution in [0.15, 0.2) is 18.2 Å². The minimum Gasteiger partial charge on any atom is -0.486 e. The molecule has 0 saturated heterocycles. The lowest BCUT2D eigenvalue weighted by Crippen LogP contribution is -2.39. The van der Waals surface area contributed by atoms with Crippen LogP contribution >= 0.6 is 0 Å². The van der Waals surface area contributed by atoms with Gasteiger partial charge in [0.1, 0.15) is 13.2 Å². The Labute approximate surface area is 127 Å². The second-order valence-electron chi connectivity index (χ2n) is 6.24. The number of ether oxygens (including phenoxy) is 2.